The number of esters is 1. The molecule has 0 spiro atoms. The van der Waals surface area contributed by atoms with Crippen LogP contribution in [0, 0.1) is 0 Å². The lowest BCUT2D eigenvalue weighted by Crippen LogP contribution is -2.25. The first kappa shape index (κ1) is 12.6. The number of hydrogen-bond acceptors (Lipinski definition) is 3. The van der Waals surface area contributed by atoms with Crippen LogP contribution in [0.15, 0.2) is 0 Å². The zero-order chi connectivity index (χ0) is 10.5. The van der Waals surface area contributed by atoms with Gasteiger partial charge in [-0.3, -0.25) is 9.00 Å². The molecule has 0 saturated heterocycles. The summed E-state index contributed by atoms with van der Waals surface area (Å²) in [5.41, 5.74) is 0. The molecule has 0 saturated carbocycles. The van der Waals surface area contributed by atoms with Crippen molar-refractivity contribution >= 4 is 16.8 Å². The third kappa shape index (κ3) is 5.80. The van der Waals surface area contributed by atoms with E-state index in [1.807, 2.05) is 20.8 Å². The number of carbonyl (C=O) groups is 1. The van der Waals surface area contributed by atoms with Crippen molar-refractivity contribution in [3.8, 4) is 0 Å². The van der Waals surface area contributed by atoms with E-state index in [1.54, 1.807) is 6.92 Å². The van der Waals surface area contributed by atoms with Crippen LogP contribution >= 0.6 is 0 Å². The first-order chi connectivity index (χ1) is 5.88. The van der Waals surface area contributed by atoms with E-state index in [1.165, 1.54) is 0 Å². The van der Waals surface area contributed by atoms with Gasteiger partial charge < -0.3 is 4.74 Å². The Morgan fingerprint density at radius 2 is 1.92 bits per heavy atom. The number of ether oxygens (including phenoxy) is 1. The van der Waals surface area contributed by atoms with Crippen molar-refractivity contribution < 1.29 is 13.7 Å². The lowest BCUT2D eigenvalue weighted by molar-refractivity contribution is -0.142. The van der Waals surface area contributed by atoms with E-state index in [0.29, 0.717) is 12.4 Å². The maximum Gasteiger partial charge on any atom is 0.306 e. The SMILES string of the molecule is CCOC(=O)CCS(=O)C(C)(C)C. The molecule has 0 heterocycles. The third-order valence-corrected chi connectivity index (χ3v) is 3.42. The van der Waals surface area contributed by atoms with E-state index in [9.17, 15) is 9.00 Å². The molecule has 0 N–H and O–H groups in total. The van der Waals surface area contributed by atoms with Crippen LogP contribution in [0.3, 0.4) is 0 Å². The van der Waals surface area contributed by atoms with Crippen LogP contribution in [0.4, 0.5) is 0 Å². The topological polar surface area (TPSA) is 43.4 Å². The highest BCUT2D eigenvalue weighted by atomic mass is 32.2. The van der Waals surface area contributed by atoms with Crippen molar-refractivity contribution in [2.24, 2.45) is 0 Å². The van der Waals surface area contributed by atoms with Crippen molar-refractivity contribution in [1.82, 2.24) is 0 Å². The van der Waals surface area contributed by atoms with Gasteiger partial charge in [0.25, 0.3) is 0 Å². The normalized spacial score (nSPS) is 13.8. The number of carbonyl (C=O) groups excluding carboxylic acids is 1. The molecule has 0 radical (unpaired) electrons. The predicted molar refractivity (Wildman–Crippen MR) is 54.0 cm³/mol. The largest absolute Gasteiger partial charge is 0.466 e. The Bertz CT molecular complexity index is 194. The summed E-state index contributed by atoms with van der Waals surface area (Å²) in [6, 6.07) is 0. The van der Waals surface area contributed by atoms with E-state index >= 15 is 0 Å². The van der Waals surface area contributed by atoms with E-state index < -0.39 is 10.8 Å². The molecule has 0 bridgehead atoms. The molecule has 13 heavy (non-hydrogen) atoms. The fraction of sp³-hybridized carbons (Fsp3) is 0.889. The second-order valence-corrected chi connectivity index (χ2v) is 6.04. The molecular formula is C9H18O3S. The van der Waals surface area contributed by atoms with Gasteiger partial charge in [-0.15, -0.1) is 0 Å². The third-order valence-electron chi connectivity index (χ3n) is 1.48. The minimum absolute atomic E-state index is 0.244. The van der Waals surface area contributed by atoms with Gasteiger partial charge in [0.15, 0.2) is 0 Å². The summed E-state index contributed by atoms with van der Waals surface area (Å²) in [5, 5.41) is 0. The fourth-order valence-electron chi connectivity index (χ4n) is 0.715. The summed E-state index contributed by atoms with van der Waals surface area (Å²) in [7, 11) is -0.962. The molecule has 0 rings (SSSR count). The first-order valence-electron chi connectivity index (χ1n) is 4.42. The molecule has 1 atom stereocenters. The van der Waals surface area contributed by atoms with Crippen molar-refractivity contribution in [1.29, 1.82) is 0 Å². The summed E-state index contributed by atoms with van der Waals surface area (Å²) in [6.07, 6.45) is 0.248. The van der Waals surface area contributed by atoms with Crippen LogP contribution < -0.4 is 0 Å². The maximum atomic E-state index is 11.5. The molecule has 4 heteroatoms. The van der Waals surface area contributed by atoms with Crippen LogP contribution in [0.5, 0.6) is 0 Å². The average Bonchev–Trinajstić information content (AvgIpc) is 1.99. The fourth-order valence-corrected chi connectivity index (χ4v) is 1.68. The van der Waals surface area contributed by atoms with Crippen LogP contribution in [0.1, 0.15) is 34.1 Å². The molecule has 0 aliphatic carbocycles. The van der Waals surface area contributed by atoms with Gasteiger partial charge in [0, 0.05) is 21.3 Å². The molecule has 0 fully saturated rings. The summed E-state index contributed by atoms with van der Waals surface area (Å²) in [4.78, 5) is 10.9. The molecular weight excluding hydrogens is 188 g/mol. The molecule has 0 aliphatic rings. The quantitative estimate of drug-likeness (QED) is 0.654. The smallest absolute Gasteiger partial charge is 0.306 e. The number of hydrogen-bond donors (Lipinski definition) is 0. The Kier molecular flexibility index (Phi) is 5.21. The van der Waals surface area contributed by atoms with Gasteiger partial charge in [0.05, 0.1) is 13.0 Å². The Labute approximate surface area is 82.3 Å². The van der Waals surface area contributed by atoms with Gasteiger partial charge in [-0.25, -0.2) is 0 Å². The Morgan fingerprint density at radius 3 is 2.31 bits per heavy atom. The molecule has 0 aromatic carbocycles. The van der Waals surface area contributed by atoms with E-state index in [2.05, 4.69) is 0 Å². The monoisotopic (exact) mass is 206 g/mol. The molecule has 0 amide bonds. The highest BCUT2D eigenvalue weighted by Gasteiger charge is 2.19. The average molecular weight is 206 g/mol. The standard InChI is InChI=1S/C9H18O3S/c1-5-12-8(10)6-7-13(11)9(2,3)4/h5-7H2,1-4H3. The van der Waals surface area contributed by atoms with Gasteiger partial charge in [0.1, 0.15) is 0 Å². The van der Waals surface area contributed by atoms with Gasteiger partial charge in [0.2, 0.25) is 0 Å². The Balaban J connectivity index is 3.77. The van der Waals surface area contributed by atoms with Gasteiger partial charge >= 0.3 is 5.97 Å². The second kappa shape index (κ2) is 5.37. The summed E-state index contributed by atoms with van der Waals surface area (Å²) >= 11 is 0. The van der Waals surface area contributed by atoms with Crippen LogP contribution in [-0.2, 0) is 20.3 Å². The lowest BCUT2D eigenvalue weighted by Gasteiger charge is -2.16. The second-order valence-electron chi connectivity index (χ2n) is 3.72. The number of rotatable bonds is 4. The lowest BCUT2D eigenvalue weighted by atomic mass is 10.3. The van der Waals surface area contributed by atoms with Gasteiger partial charge in [-0.05, 0) is 27.7 Å². The highest BCUT2D eigenvalue weighted by molar-refractivity contribution is 7.86. The molecule has 1 unspecified atom stereocenters. The predicted octanol–water partition coefficient (Wildman–Crippen LogP) is 1.49. The molecule has 0 aliphatic heterocycles. The minimum atomic E-state index is -0.962. The molecule has 0 aromatic rings. The molecule has 3 nitrogen and oxygen atoms in total. The maximum absolute atomic E-state index is 11.5. The van der Waals surface area contributed by atoms with Crippen LogP contribution in [0.2, 0.25) is 0 Å². The van der Waals surface area contributed by atoms with Gasteiger partial charge in [-0.1, -0.05) is 0 Å². The first-order valence-corrected chi connectivity index (χ1v) is 5.74. The minimum Gasteiger partial charge on any atom is -0.466 e. The Morgan fingerprint density at radius 1 is 1.38 bits per heavy atom. The molecule has 0 aromatic heterocycles. The summed E-state index contributed by atoms with van der Waals surface area (Å²) in [5.74, 6) is 0.127. The van der Waals surface area contributed by atoms with E-state index in [-0.39, 0.29) is 17.1 Å². The summed E-state index contributed by atoms with van der Waals surface area (Å²) < 4.78 is 16.0. The Hall–Kier alpha value is -0.380. The molecule has 78 valence electrons. The zero-order valence-corrected chi connectivity index (χ0v) is 9.57. The van der Waals surface area contributed by atoms with Crippen molar-refractivity contribution in [3.05, 3.63) is 0 Å². The van der Waals surface area contributed by atoms with E-state index in [4.69, 9.17) is 4.74 Å². The van der Waals surface area contributed by atoms with Crippen molar-refractivity contribution in [2.75, 3.05) is 12.4 Å². The van der Waals surface area contributed by atoms with Gasteiger partial charge in [-0.2, -0.15) is 0 Å². The van der Waals surface area contributed by atoms with Crippen molar-refractivity contribution in [2.45, 2.75) is 38.9 Å². The van der Waals surface area contributed by atoms with Crippen LogP contribution in [-0.4, -0.2) is 27.3 Å². The van der Waals surface area contributed by atoms with Crippen molar-refractivity contribution in [3.63, 3.8) is 0 Å². The summed E-state index contributed by atoms with van der Waals surface area (Å²) in [6.45, 7) is 7.84. The van der Waals surface area contributed by atoms with Crippen LogP contribution in [0.25, 0.3) is 0 Å². The zero-order valence-electron chi connectivity index (χ0n) is 8.75. The van der Waals surface area contributed by atoms with E-state index in [0.717, 1.165) is 0 Å². The highest BCUT2D eigenvalue weighted by Crippen LogP contribution is 2.12.